The van der Waals surface area contributed by atoms with Crippen LogP contribution in [-0.4, -0.2) is 28.8 Å². The van der Waals surface area contributed by atoms with Crippen LogP contribution in [0.15, 0.2) is 48.5 Å². The Balaban J connectivity index is 2.26. The minimum absolute atomic E-state index is 0.00113. The van der Waals surface area contributed by atoms with E-state index < -0.39 is 11.9 Å². The summed E-state index contributed by atoms with van der Waals surface area (Å²) >= 11 is 6.25. The zero-order valence-corrected chi connectivity index (χ0v) is 17.2. The maximum absolute atomic E-state index is 14.0. The third-order valence-corrected chi connectivity index (χ3v) is 5.14. The molecule has 0 aliphatic carbocycles. The highest BCUT2D eigenvalue weighted by molar-refractivity contribution is 6.31. The van der Waals surface area contributed by atoms with Gasteiger partial charge in [-0.05, 0) is 43.5 Å². The van der Waals surface area contributed by atoms with Gasteiger partial charge in [-0.25, -0.2) is 4.39 Å². The van der Waals surface area contributed by atoms with E-state index in [2.05, 4.69) is 5.32 Å². The monoisotopic (exact) mass is 404 g/mol. The van der Waals surface area contributed by atoms with Gasteiger partial charge in [-0.2, -0.15) is 0 Å². The minimum Gasteiger partial charge on any atom is -0.352 e. The molecule has 0 saturated heterocycles. The molecule has 0 unspecified atom stereocenters. The Kier molecular flexibility index (Phi) is 8.00. The lowest BCUT2D eigenvalue weighted by Gasteiger charge is -2.30. The molecule has 2 rings (SSSR count). The van der Waals surface area contributed by atoms with E-state index in [0.717, 1.165) is 12.0 Å². The number of halogens is 2. The van der Waals surface area contributed by atoms with E-state index in [9.17, 15) is 14.0 Å². The zero-order chi connectivity index (χ0) is 20.7. The Morgan fingerprint density at radius 2 is 1.68 bits per heavy atom. The Bertz CT molecular complexity index is 828. The largest absolute Gasteiger partial charge is 0.352 e. The van der Waals surface area contributed by atoms with E-state index >= 15 is 0 Å². The zero-order valence-electron chi connectivity index (χ0n) is 16.4. The first kappa shape index (κ1) is 21.9. The summed E-state index contributed by atoms with van der Waals surface area (Å²) in [6.07, 6.45) is 0.657. The van der Waals surface area contributed by atoms with Crippen molar-refractivity contribution >= 4 is 23.4 Å². The Morgan fingerprint density at radius 1 is 1.07 bits per heavy atom. The average molecular weight is 405 g/mol. The number of hydrogen-bond donors (Lipinski definition) is 1. The molecule has 4 nitrogen and oxygen atoms in total. The number of carbonyl (C=O) groups is 2. The highest BCUT2D eigenvalue weighted by Crippen LogP contribution is 2.20. The SMILES string of the molecule is CC[C@H](C)NC(=O)[C@H](C)N(Cc1ccccc1Cl)C(=O)Cc1ccccc1F. The van der Waals surface area contributed by atoms with Crippen LogP contribution in [0, 0.1) is 5.82 Å². The van der Waals surface area contributed by atoms with Gasteiger partial charge in [0.1, 0.15) is 11.9 Å². The summed E-state index contributed by atoms with van der Waals surface area (Å²) in [7, 11) is 0. The van der Waals surface area contributed by atoms with Crippen molar-refractivity contribution in [3.8, 4) is 0 Å². The molecule has 150 valence electrons. The van der Waals surface area contributed by atoms with Crippen LogP contribution in [0.5, 0.6) is 0 Å². The summed E-state index contributed by atoms with van der Waals surface area (Å²) in [6.45, 7) is 5.72. The fourth-order valence-corrected chi connectivity index (χ4v) is 2.96. The van der Waals surface area contributed by atoms with Gasteiger partial charge in [0.2, 0.25) is 11.8 Å². The highest BCUT2D eigenvalue weighted by Gasteiger charge is 2.27. The maximum Gasteiger partial charge on any atom is 0.242 e. The second-order valence-electron chi connectivity index (χ2n) is 6.88. The van der Waals surface area contributed by atoms with Gasteiger partial charge < -0.3 is 10.2 Å². The van der Waals surface area contributed by atoms with E-state index in [1.54, 1.807) is 37.3 Å². The first-order chi connectivity index (χ1) is 13.3. The Morgan fingerprint density at radius 3 is 2.29 bits per heavy atom. The van der Waals surface area contributed by atoms with Crippen molar-refractivity contribution in [3.05, 3.63) is 70.5 Å². The molecule has 0 aromatic heterocycles. The molecule has 2 amide bonds. The topological polar surface area (TPSA) is 49.4 Å². The number of rotatable bonds is 8. The standard InChI is InChI=1S/C22H26ClFN2O2/c1-4-15(2)25-22(28)16(3)26(14-18-10-5-7-11-19(18)23)21(27)13-17-9-6-8-12-20(17)24/h5-12,15-16H,4,13-14H2,1-3H3,(H,25,28)/t15-,16-/m0/s1. The number of nitrogens with one attached hydrogen (secondary N) is 1. The molecule has 0 bridgehead atoms. The van der Waals surface area contributed by atoms with Gasteiger partial charge in [0.25, 0.3) is 0 Å². The van der Waals surface area contributed by atoms with E-state index in [1.165, 1.54) is 11.0 Å². The lowest BCUT2D eigenvalue weighted by atomic mass is 10.1. The minimum atomic E-state index is -0.718. The van der Waals surface area contributed by atoms with Crippen LogP contribution in [0.4, 0.5) is 4.39 Å². The normalized spacial score (nSPS) is 12.9. The van der Waals surface area contributed by atoms with Crippen molar-refractivity contribution in [2.75, 3.05) is 0 Å². The molecule has 0 saturated carbocycles. The van der Waals surface area contributed by atoms with Crippen molar-refractivity contribution in [2.24, 2.45) is 0 Å². The molecule has 2 aromatic carbocycles. The smallest absolute Gasteiger partial charge is 0.242 e. The molecule has 28 heavy (non-hydrogen) atoms. The van der Waals surface area contributed by atoms with Crippen LogP contribution in [0.2, 0.25) is 5.02 Å². The molecule has 1 N–H and O–H groups in total. The van der Waals surface area contributed by atoms with E-state index in [4.69, 9.17) is 11.6 Å². The van der Waals surface area contributed by atoms with Gasteiger partial charge in [0, 0.05) is 17.6 Å². The molecular formula is C22H26ClFN2O2. The molecule has 2 aromatic rings. The molecule has 0 spiro atoms. The number of hydrogen-bond acceptors (Lipinski definition) is 2. The van der Waals surface area contributed by atoms with Crippen molar-refractivity contribution < 1.29 is 14.0 Å². The first-order valence-corrected chi connectivity index (χ1v) is 9.77. The Labute approximate surface area is 170 Å². The second kappa shape index (κ2) is 10.2. The Hall–Kier alpha value is -2.40. The fraction of sp³-hybridized carbons (Fsp3) is 0.364. The number of carbonyl (C=O) groups excluding carboxylic acids is 2. The molecule has 2 atom stereocenters. The lowest BCUT2D eigenvalue weighted by molar-refractivity contribution is -0.140. The molecule has 6 heteroatoms. The van der Waals surface area contributed by atoms with Crippen LogP contribution in [0.3, 0.4) is 0 Å². The third kappa shape index (κ3) is 5.80. The van der Waals surface area contributed by atoms with Crippen LogP contribution in [-0.2, 0) is 22.6 Å². The summed E-state index contributed by atoms with van der Waals surface area (Å²) in [5, 5.41) is 3.41. The summed E-state index contributed by atoms with van der Waals surface area (Å²) < 4.78 is 14.0. The van der Waals surface area contributed by atoms with Crippen LogP contribution in [0.1, 0.15) is 38.3 Å². The van der Waals surface area contributed by atoms with Crippen molar-refractivity contribution in [1.82, 2.24) is 10.2 Å². The molecular weight excluding hydrogens is 379 g/mol. The third-order valence-electron chi connectivity index (χ3n) is 4.77. The number of amides is 2. The quantitative estimate of drug-likeness (QED) is 0.710. The molecule has 0 aliphatic heterocycles. The van der Waals surface area contributed by atoms with Gasteiger partial charge in [0.05, 0.1) is 6.42 Å². The number of nitrogens with zero attached hydrogens (tertiary/aromatic N) is 1. The second-order valence-corrected chi connectivity index (χ2v) is 7.28. The fourth-order valence-electron chi connectivity index (χ4n) is 2.76. The van der Waals surface area contributed by atoms with Gasteiger partial charge >= 0.3 is 0 Å². The summed E-state index contributed by atoms with van der Waals surface area (Å²) in [5.74, 6) is -1.02. The van der Waals surface area contributed by atoms with Crippen LogP contribution < -0.4 is 5.32 Å². The molecule has 0 fully saturated rings. The number of benzene rings is 2. The van der Waals surface area contributed by atoms with Crippen molar-refractivity contribution in [3.63, 3.8) is 0 Å². The summed E-state index contributed by atoms with van der Waals surface area (Å²) in [5.41, 5.74) is 1.03. The van der Waals surface area contributed by atoms with Crippen molar-refractivity contribution in [1.29, 1.82) is 0 Å². The predicted molar refractivity (Wildman–Crippen MR) is 109 cm³/mol. The van der Waals surface area contributed by atoms with E-state index in [-0.39, 0.29) is 30.8 Å². The molecule has 0 aliphatic rings. The predicted octanol–water partition coefficient (Wildman–Crippen LogP) is 4.35. The van der Waals surface area contributed by atoms with E-state index in [0.29, 0.717) is 10.6 Å². The molecule has 0 heterocycles. The average Bonchev–Trinajstić information content (AvgIpc) is 2.68. The summed E-state index contributed by atoms with van der Waals surface area (Å²) in [4.78, 5) is 27.1. The maximum atomic E-state index is 14.0. The highest BCUT2D eigenvalue weighted by atomic mass is 35.5. The van der Waals surface area contributed by atoms with Gasteiger partial charge in [-0.3, -0.25) is 9.59 Å². The molecule has 0 radical (unpaired) electrons. The van der Waals surface area contributed by atoms with Crippen LogP contribution in [0.25, 0.3) is 0 Å². The van der Waals surface area contributed by atoms with Gasteiger partial charge in [-0.15, -0.1) is 0 Å². The van der Waals surface area contributed by atoms with Gasteiger partial charge in [-0.1, -0.05) is 54.9 Å². The van der Waals surface area contributed by atoms with Crippen molar-refractivity contribution in [2.45, 2.75) is 52.2 Å². The van der Waals surface area contributed by atoms with E-state index in [1.807, 2.05) is 26.0 Å². The summed E-state index contributed by atoms with van der Waals surface area (Å²) in [6, 6.07) is 12.6. The van der Waals surface area contributed by atoms with Gasteiger partial charge in [0.15, 0.2) is 0 Å². The van der Waals surface area contributed by atoms with Crippen LogP contribution >= 0.6 is 11.6 Å². The first-order valence-electron chi connectivity index (χ1n) is 9.40. The lowest BCUT2D eigenvalue weighted by Crippen LogP contribution is -2.50.